The van der Waals surface area contributed by atoms with E-state index in [2.05, 4.69) is 30.4 Å². The van der Waals surface area contributed by atoms with Gasteiger partial charge in [-0.05, 0) is 70.6 Å². The Balaban J connectivity index is 1.20. The molecule has 2 saturated carbocycles. The van der Waals surface area contributed by atoms with Crippen LogP contribution in [0.5, 0.6) is 5.88 Å². The van der Waals surface area contributed by atoms with Crippen LogP contribution in [0.2, 0.25) is 0 Å². The summed E-state index contributed by atoms with van der Waals surface area (Å²) in [6, 6.07) is 3.37. The number of carbonyl (C=O) groups is 4. The van der Waals surface area contributed by atoms with Gasteiger partial charge in [0.2, 0.25) is 27.7 Å². The number of carbonyl (C=O) groups excluding carboxylic acids is 4. The second-order valence-electron chi connectivity index (χ2n) is 14.9. The summed E-state index contributed by atoms with van der Waals surface area (Å²) in [5.41, 5.74) is -0.274. The van der Waals surface area contributed by atoms with E-state index in [1.54, 1.807) is 27.1 Å². The Morgan fingerprint density at radius 3 is 2.62 bits per heavy atom. The van der Waals surface area contributed by atoms with Crippen molar-refractivity contribution in [1.82, 2.24) is 40.0 Å². The summed E-state index contributed by atoms with van der Waals surface area (Å²) in [6.45, 7) is 3.17. The molecule has 15 nitrogen and oxygen atoms in total. The van der Waals surface area contributed by atoms with Gasteiger partial charge in [0.15, 0.2) is 0 Å². The smallest absolute Gasteiger partial charge is 0.272 e. The lowest BCUT2D eigenvalue weighted by Crippen LogP contribution is -2.58. The van der Waals surface area contributed by atoms with Gasteiger partial charge in [0.25, 0.3) is 11.8 Å². The average molecular weight is 751 g/mol. The predicted octanol–water partition coefficient (Wildman–Crippen LogP) is 2.35. The number of amides is 4. The van der Waals surface area contributed by atoms with Crippen LogP contribution in [0.4, 0.5) is 4.39 Å². The monoisotopic (exact) mass is 750 g/mol. The molecule has 282 valence electrons. The van der Waals surface area contributed by atoms with Gasteiger partial charge in [0.1, 0.15) is 40.9 Å². The van der Waals surface area contributed by atoms with Crippen LogP contribution in [0.25, 0.3) is 11.0 Å². The van der Waals surface area contributed by atoms with Crippen LogP contribution >= 0.6 is 0 Å². The molecule has 3 aromatic rings. The minimum atomic E-state index is -4.01. The third kappa shape index (κ3) is 7.35. The van der Waals surface area contributed by atoms with Gasteiger partial charge in [-0.1, -0.05) is 25.0 Å². The fraction of sp³-hybridized carbons (Fsp3) is 0.528. The number of hydrogen-bond donors (Lipinski definition) is 3. The van der Waals surface area contributed by atoms with Gasteiger partial charge in [-0.25, -0.2) is 22.8 Å². The third-order valence-corrected chi connectivity index (χ3v) is 12.9. The van der Waals surface area contributed by atoms with Crippen molar-refractivity contribution in [2.45, 2.75) is 100 Å². The van der Waals surface area contributed by atoms with Crippen molar-refractivity contribution in [3.05, 3.63) is 59.8 Å². The molecule has 1 saturated heterocycles. The Labute approximate surface area is 306 Å². The molecule has 3 N–H and O–H groups in total. The Morgan fingerprint density at radius 2 is 1.89 bits per heavy atom. The first-order valence-electron chi connectivity index (χ1n) is 17.9. The number of benzene rings is 1. The number of rotatable bonds is 7. The van der Waals surface area contributed by atoms with E-state index in [9.17, 15) is 32.0 Å². The van der Waals surface area contributed by atoms with Crippen LogP contribution in [-0.2, 0) is 31.5 Å². The molecule has 7 rings (SSSR count). The summed E-state index contributed by atoms with van der Waals surface area (Å²) >= 11 is 0. The van der Waals surface area contributed by atoms with Crippen molar-refractivity contribution >= 4 is 44.7 Å². The van der Waals surface area contributed by atoms with Crippen molar-refractivity contribution in [2.75, 3.05) is 6.54 Å². The second-order valence-corrected chi connectivity index (χ2v) is 17.0. The lowest BCUT2D eigenvalue weighted by Gasteiger charge is -2.30. The molecule has 2 aliphatic carbocycles. The van der Waals surface area contributed by atoms with Crippen LogP contribution in [0.1, 0.15) is 80.9 Å². The maximum atomic E-state index is 14.5. The Hall–Kier alpha value is -4.93. The first kappa shape index (κ1) is 36.4. The highest BCUT2D eigenvalue weighted by molar-refractivity contribution is 7.91. The molecule has 2 aliphatic heterocycles. The minimum Gasteiger partial charge on any atom is -0.471 e. The van der Waals surface area contributed by atoms with Crippen LogP contribution in [0, 0.1) is 18.7 Å². The number of allylic oxidation sites excluding steroid dienone is 1. The van der Waals surface area contributed by atoms with E-state index in [0.29, 0.717) is 43.3 Å². The average Bonchev–Trinajstić information content (AvgIpc) is 3.91. The van der Waals surface area contributed by atoms with E-state index in [1.807, 2.05) is 12.2 Å². The highest BCUT2D eigenvalue weighted by Crippen LogP contribution is 2.47. The lowest BCUT2D eigenvalue weighted by atomic mass is 10.0. The standard InChI is InChI=1S/C36H43FN8O7S/c1-21-32(40-28-17-23(37)11-12-25(28)38-21)52-24-18-29-31(47)41-36(34(49)43-53(50,51)35(2)14-15-35)19-22(36)9-7-5-4-6-8-10-27(33(48)45(29)20-24)39-30(46)26-13-16-44(3)42-26/h7,9,11-13,16-17,22,24,27,29H,4-6,8,10,14-15,18-20H2,1-3H3,(H,39,46)(H,41,47)(H,43,49). The molecule has 3 fully saturated rings. The number of hydrogen-bond acceptors (Lipinski definition) is 10. The van der Waals surface area contributed by atoms with Gasteiger partial charge >= 0.3 is 0 Å². The maximum Gasteiger partial charge on any atom is 0.272 e. The molecular formula is C36H43FN8O7S. The zero-order valence-electron chi connectivity index (χ0n) is 29.8. The SMILES string of the molecule is Cc1nc2ccc(F)cc2nc1OC1CC2C(=O)NC3(C(=O)NS(=O)(=O)C4(C)CC4)CC3C=CCCCCCC(NC(=O)c3ccn(C)n3)C(=O)N2C1. The molecule has 17 heteroatoms. The van der Waals surface area contributed by atoms with Gasteiger partial charge in [0, 0.05) is 31.6 Å². The molecule has 1 aromatic carbocycles. The number of nitrogens with zero attached hydrogens (tertiary/aromatic N) is 5. The highest BCUT2D eigenvalue weighted by Gasteiger charge is 2.63. The maximum absolute atomic E-state index is 14.5. The number of nitrogens with one attached hydrogen (secondary N) is 3. The van der Waals surface area contributed by atoms with E-state index in [4.69, 9.17) is 4.74 Å². The second kappa shape index (κ2) is 13.8. The van der Waals surface area contributed by atoms with Crippen LogP contribution in [-0.4, -0.2) is 91.7 Å². The molecule has 5 unspecified atom stereocenters. The molecule has 0 spiro atoms. The number of aromatic nitrogens is 4. The van der Waals surface area contributed by atoms with Gasteiger partial charge in [-0.15, -0.1) is 0 Å². The van der Waals surface area contributed by atoms with E-state index in [1.165, 1.54) is 33.8 Å². The van der Waals surface area contributed by atoms with Gasteiger partial charge < -0.3 is 20.3 Å². The Morgan fingerprint density at radius 1 is 1.09 bits per heavy atom. The van der Waals surface area contributed by atoms with E-state index in [0.717, 1.165) is 12.8 Å². The van der Waals surface area contributed by atoms with Crippen LogP contribution < -0.4 is 20.1 Å². The molecular weight excluding hydrogens is 708 g/mol. The van der Waals surface area contributed by atoms with Crippen LogP contribution in [0.3, 0.4) is 0 Å². The van der Waals surface area contributed by atoms with E-state index < -0.39 is 73.9 Å². The lowest BCUT2D eigenvalue weighted by molar-refractivity contribution is -0.141. The topological polar surface area (TPSA) is 195 Å². The third-order valence-electron chi connectivity index (χ3n) is 10.8. The number of aryl methyl sites for hydroxylation is 2. The summed E-state index contributed by atoms with van der Waals surface area (Å²) in [5, 5.41) is 9.83. The summed E-state index contributed by atoms with van der Waals surface area (Å²) in [6.07, 6.45) is 8.70. The van der Waals surface area contributed by atoms with Crippen molar-refractivity contribution < 1.29 is 36.7 Å². The number of fused-ring (bicyclic) bond motifs is 3. The first-order chi connectivity index (χ1) is 25.2. The molecule has 4 aliphatic rings. The highest BCUT2D eigenvalue weighted by atomic mass is 32.2. The number of ether oxygens (including phenoxy) is 1. The Kier molecular flexibility index (Phi) is 9.49. The largest absolute Gasteiger partial charge is 0.471 e. The minimum absolute atomic E-state index is 0.0185. The molecule has 0 bridgehead atoms. The van der Waals surface area contributed by atoms with Crippen LogP contribution in [0.15, 0.2) is 42.6 Å². The summed E-state index contributed by atoms with van der Waals surface area (Å²) in [4.78, 5) is 66.2. The fourth-order valence-electron chi connectivity index (χ4n) is 7.08. The summed E-state index contributed by atoms with van der Waals surface area (Å²) < 4.78 is 49.2. The molecule has 5 atom stereocenters. The van der Waals surface area contributed by atoms with Crippen molar-refractivity contribution in [1.29, 1.82) is 0 Å². The zero-order chi connectivity index (χ0) is 37.7. The molecule has 2 aromatic heterocycles. The van der Waals surface area contributed by atoms with Gasteiger partial charge in [0.05, 0.1) is 22.3 Å². The van der Waals surface area contributed by atoms with E-state index in [-0.39, 0.29) is 36.5 Å². The fourth-order valence-corrected chi connectivity index (χ4v) is 8.40. The first-order valence-corrected chi connectivity index (χ1v) is 19.4. The van der Waals surface area contributed by atoms with Crippen molar-refractivity contribution in [3.8, 4) is 5.88 Å². The summed E-state index contributed by atoms with van der Waals surface area (Å²) in [7, 11) is -2.33. The molecule has 4 heterocycles. The van der Waals surface area contributed by atoms with Crippen molar-refractivity contribution in [3.63, 3.8) is 0 Å². The molecule has 53 heavy (non-hydrogen) atoms. The molecule has 0 radical (unpaired) electrons. The number of sulfonamides is 1. The predicted molar refractivity (Wildman–Crippen MR) is 189 cm³/mol. The van der Waals surface area contributed by atoms with Crippen molar-refractivity contribution in [2.24, 2.45) is 13.0 Å². The number of halogens is 1. The normalized spacial score (nSPS) is 27.1. The molecule has 4 amide bonds. The summed E-state index contributed by atoms with van der Waals surface area (Å²) in [5.74, 6) is -3.42. The van der Waals surface area contributed by atoms with Gasteiger partial charge in [-0.3, -0.25) is 28.6 Å². The zero-order valence-corrected chi connectivity index (χ0v) is 30.6. The van der Waals surface area contributed by atoms with E-state index >= 15 is 0 Å². The quantitative estimate of drug-likeness (QED) is 0.302. The Bertz CT molecular complexity index is 2120. The van der Waals surface area contributed by atoms with Gasteiger partial charge in [-0.2, -0.15) is 5.10 Å².